The summed E-state index contributed by atoms with van der Waals surface area (Å²) >= 11 is 0. The zero-order valence-electron chi connectivity index (χ0n) is 16.3. The van der Waals surface area contributed by atoms with E-state index >= 15 is 0 Å². The first-order valence-corrected chi connectivity index (χ1v) is 9.04. The maximum Gasteiger partial charge on any atom is 0.294 e. The lowest BCUT2D eigenvalue weighted by molar-refractivity contribution is 0.0950. The monoisotopic (exact) mass is 402 g/mol. The predicted octanol–water partition coefficient (Wildman–Crippen LogP) is 2.28. The fourth-order valence-corrected chi connectivity index (χ4v) is 2.76. The Labute approximate surface area is 171 Å². The van der Waals surface area contributed by atoms with E-state index in [1.54, 1.807) is 6.21 Å². The lowest BCUT2D eigenvalue weighted by atomic mass is 10.1. The molecule has 150 valence electrons. The molecule has 30 heavy (non-hydrogen) atoms. The van der Waals surface area contributed by atoms with Gasteiger partial charge in [0.25, 0.3) is 5.91 Å². The Morgan fingerprint density at radius 3 is 2.37 bits per heavy atom. The number of hydrogen-bond acceptors (Lipinski definition) is 8. The number of aryl methyl sites for hydroxylation is 2. The van der Waals surface area contributed by atoms with Crippen LogP contribution in [0.5, 0.6) is 0 Å². The highest BCUT2D eigenvalue weighted by atomic mass is 16.6. The number of nitrogen functional groups attached to an aromatic ring is 1. The average molecular weight is 402 g/mol. The van der Waals surface area contributed by atoms with Crippen molar-refractivity contribution >= 4 is 17.9 Å². The molecule has 10 heteroatoms. The molecular formula is C20H18N8O2. The number of aromatic nitrogens is 5. The van der Waals surface area contributed by atoms with E-state index in [0.29, 0.717) is 11.3 Å². The van der Waals surface area contributed by atoms with Crippen molar-refractivity contribution in [2.45, 2.75) is 13.8 Å². The third-order valence-corrected chi connectivity index (χ3v) is 4.36. The summed E-state index contributed by atoms with van der Waals surface area (Å²) in [6.45, 7) is 3.96. The zero-order chi connectivity index (χ0) is 21.1. The van der Waals surface area contributed by atoms with Crippen LogP contribution in [-0.2, 0) is 0 Å². The normalized spacial score (nSPS) is 11.1. The largest absolute Gasteiger partial charge is 0.378 e. The Kier molecular flexibility index (Phi) is 5.04. The van der Waals surface area contributed by atoms with E-state index in [2.05, 4.69) is 35.8 Å². The molecule has 4 aromatic rings. The van der Waals surface area contributed by atoms with Gasteiger partial charge in [-0.1, -0.05) is 64.9 Å². The van der Waals surface area contributed by atoms with E-state index in [-0.39, 0.29) is 17.3 Å². The number of amides is 1. The molecule has 1 amide bonds. The van der Waals surface area contributed by atoms with Crippen molar-refractivity contribution in [3.8, 4) is 17.1 Å². The van der Waals surface area contributed by atoms with Crippen LogP contribution >= 0.6 is 0 Å². The van der Waals surface area contributed by atoms with Crippen molar-refractivity contribution in [1.29, 1.82) is 0 Å². The number of benzene rings is 2. The van der Waals surface area contributed by atoms with Crippen LogP contribution in [-0.4, -0.2) is 37.4 Å². The molecule has 10 nitrogen and oxygen atoms in total. The number of hydrogen-bond donors (Lipinski definition) is 2. The minimum absolute atomic E-state index is 0.0256. The summed E-state index contributed by atoms with van der Waals surface area (Å²) in [5.41, 5.74) is 12.5. The van der Waals surface area contributed by atoms with Crippen LogP contribution < -0.4 is 11.2 Å². The van der Waals surface area contributed by atoms with E-state index < -0.39 is 5.91 Å². The van der Waals surface area contributed by atoms with Crippen molar-refractivity contribution in [1.82, 2.24) is 30.7 Å². The molecule has 0 saturated heterocycles. The third-order valence-electron chi connectivity index (χ3n) is 4.36. The highest BCUT2D eigenvalue weighted by Crippen LogP contribution is 2.26. The lowest BCUT2D eigenvalue weighted by Gasteiger charge is -2.06. The van der Waals surface area contributed by atoms with Gasteiger partial charge in [-0.25, -0.2) is 10.1 Å². The fraction of sp³-hybridized carbons (Fsp3) is 0.100. The van der Waals surface area contributed by atoms with Crippen LogP contribution in [0.1, 0.15) is 27.2 Å². The van der Waals surface area contributed by atoms with Crippen LogP contribution in [0.15, 0.2) is 58.3 Å². The second-order valence-electron chi connectivity index (χ2n) is 6.65. The predicted molar refractivity (Wildman–Crippen MR) is 110 cm³/mol. The minimum atomic E-state index is -0.532. The molecule has 0 saturated carbocycles. The summed E-state index contributed by atoms with van der Waals surface area (Å²) in [5.74, 6) is -0.367. The number of carbonyl (C=O) groups excluding carboxylic acids is 1. The topological polar surface area (TPSA) is 137 Å². The molecule has 0 aliphatic heterocycles. The Balaban J connectivity index is 1.68. The van der Waals surface area contributed by atoms with Gasteiger partial charge < -0.3 is 5.73 Å². The highest BCUT2D eigenvalue weighted by Gasteiger charge is 2.25. The molecule has 0 aliphatic rings. The van der Waals surface area contributed by atoms with Gasteiger partial charge >= 0.3 is 0 Å². The molecule has 2 aromatic carbocycles. The molecule has 0 aliphatic carbocycles. The number of hydrazone groups is 1. The molecule has 2 aromatic heterocycles. The Morgan fingerprint density at radius 2 is 1.73 bits per heavy atom. The highest BCUT2D eigenvalue weighted by molar-refractivity contribution is 5.98. The third kappa shape index (κ3) is 3.78. The number of rotatable bonds is 5. The van der Waals surface area contributed by atoms with E-state index in [4.69, 9.17) is 5.73 Å². The smallest absolute Gasteiger partial charge is 0.294 e. The Morgan fingerprint density at radius 1 is 1.07 bits per heavy atom. The van der Waals surface area contributed by atoms with Gasteiger partial charge in [-0.15, -0.1) is 5.10 Å². The summed E-state index contributed by atoms with van der Waals surface area (Å²) in [7, 11) is 0. The van der Waals surface area contributed by atoms with Crippen molar-refractivity contribution in [3.63, 3.8) is 0 Å². The molecule has 2 heterocycles. The van der Waals surface area contributed by atoms with Gasteiger partial charge in [0, 0.05) is 5.56 Å². The van der Waals surface area contributed by atoms with Crippen LogP contribution in [0.3, 0.4) is 0 Å². The van der Waals surface area contributed by atoms with Crippen LogP contribution in [0.2, 0.25) is 0 Å². The summed E-state index contributed by atoms with van der Waals surface area (Å²) in [6.07, 6.45) is 1.55. The number of nitrogens with zero attached hydrogens (tertiary/aromatic N) is 6. The minimum Gasteiger partial charge on any atom is -0.378 e. The Hall–Kier alpha value is -4.34. The van der Waals surface area contributed by atoms with Crippen molar-refractivity contribution in [2.24, 2.45) is 5.10 Å². The van der Waals surface area contributed by atoms with Gasteiger partial charge in [0.15, 0.2) is 5.69 Å². The molecule has 0 atom stereocenters. The van der Waals surface area contributed by atoms with Gasteiger partial charge in [0.2, 0.25) is 11.6 Å². The molecule has 0 unspecified atom stereocenters. The molecule has 0 bridgehead atoms. The van der Waals surface area contributed by atoms with E-state index in [1.807, 2.05) is 62.4 Å². The summed E-state index contributed by atoms with van der Waals surface area (Å²) in [4.78, 5) is 12.8. The van der Waals surface area contributed by atoms with Gasteiger partial charge in [-0.2, -0.15) is 9.78 Å². The van der Waals surface area contributed by atoms with Crippen LogP contribution in [0, 0.1) is 13.8 Å². The number of anilines is 1. The average Bonchev–Trinajstić information content (AvgIpc) is 3.36. The second kappa shape index (κ2) is 7.95. The number of carbonyl (C=O) groups is 1. The van der Waals surface area contributed by atoms with Crippen LogP contribution in [0.25, 0.3) is 17.1 Å². The van der Waals surface area contributed by atoms with E-state index in [9.17, 15) is 4.79 Å². The summed E-state index contributed by atoms with van der Waals surface area (Å²) in [6, 6.07) is 15.2. The second-order valence-corrected chi connectivity index (χ2v) is 6.65. The van der Waals surface area contributed by atoms with E-state index in [1.165, 1.54) is 4.68 Å². The Bertz CT molecular complexity index is 1210. The fourth-order valence-electron chi connectivity index (χ4n) is 2.76. The first kappa shape index (κ1) is 19.0. The van der Waals surface area contributed by atoms with Crippen molar-refractivity contribution < 1.29 is 9.42 Å². The molecule has 3 N–H and O–H groups in total. The van der Waals surface area contributed by atoms with Gasteiger partial charge in [0.1, 0.15) is 5.69 Å². The number of nitrogens with one attached hydrogen (secondary N) is 1. The first-order chi connectivity index (χ1) is 14.5. The molecule has 0 fully saturated rings. The maximum atomic E-state index is 12.8. The standard InChI is InChI=1S/C20H18N8O2/c1-12-3-7-14(8-4-12)11-22-24-20(29)16-17(15-9-5-13(2)6-10-15)28(27-23-16)19-18(21)25-30-26-19/h3-11H,1-2H3,(H2,21,25)(H,24,29). The molecule has 4 rings (SSSR count). The van der Waals surface area contributed by atoms with Crippen molar-refractivity contribution in [3.05, 3.63) is 70.9 Å². The lowest BCUT2D eigenvalue weighted by Crippen LogP contribution is -2.19. The van der Waals surface area contributed by atoms with Crippen LogP contribution in [0.4, 0.5) is 5.82 Å². The molecule has 0 spiro atoms. The first-order valence-electron chi connectivity index (χ1n) is 9.04. The number of nitrogens with two attached hydrogens (primary N) is 1. The zero-order valence-corrected chi connectivity index (χ0v) is 16.3. The molecule has 0 radical (unpaired) electrons. The van der Waals surface area contributed by atoms with Gasteiger partial charge in [-0.3, -0.25) is 4.79 Å². The molecular weight excluding hydrogens is 384 g/mol. The van der Waals surface area contributed by atoms with Crippen molar-refractivity contribution in [2.75, 3.05) is 5.73 Å². The SMILES string of the molecule is Cc1ccc(C=NNC(=O)c2nnn(-c3nonc3N)c2-c2ccc(C)cc2)cc1. The summed E-state index contributed by atoms with van der Waals surface area (Å²) in [5, 5.41) is 19.4. The summed E-state index contributed by atoms with van der Waals surface area (Å²) < 4.78 is 5.98. The maximum absolute atomic E-state index is 12.8. The van der Waals surface area contributed by atoms with Gasteiger partial charge in [0.05, 0.1) is 6.21 Å². The van der Waals surface area contributed by atoms with Gasteiger partial charge in [-0.05, 0) is 29.7 Å². The quantitative estimate of drug-likeness (QED) is 0.386. The van der Waals surface area contributed by atoms with E-state index in [0.717, 1.165) is 16.7 Å².